The number of benzene rings is 2. The first-order valence-corrected chi connectivity index (χ1v) is 9.67. The molecule has 1 aromatic heterocycles. The number of hydrogen-bond acceptors (Lipinski definition) is 5. The Bertz CT molecular complexity index is 969. The number of anilines is 3. The van der Waals surface area contributed by atoms with Crippen LogP contribution in [0.25, 0.3) is 0 Å². The highest BCUT2D eigenvalue weighted by Gasteiger charge is 2.20. The van der Waals surface area contributed by atoms with E-state index >= 15 is 0 Å². The molecular formula is C22H23F2N5. The number of nitrogens with zero attached hydrogens (tertiary/aromatic N) is 4. The van der Waals surface area contributed by atoms with Crippen LogP contribution in [0.4, 0.5) is 26.2 Å². The third-order valence-corrected chi connectivity index (χ3v) is 5.01. The minimum absolute atomic E-state index is 0.226. The molecule has 0 radical (unpaired) electrons. The summed E-state index contributed by atoms with van der Waals surface area (Å²) in [6, 6.07) is 15.1. The third kappa shape index (κ3) is 4.62. The Balaban J connectivity index is 1.41. The molecule has 0 spiro atoms. The summed E-state index contributed by atoms with van der Waals surface area (Å²) < 4.78 is 27.0. The topological polar surface area (TPSA) is 44.3 Å². The average molecular weight is 395 g/mol. The Morgan fingerprint density at radius 3 is 2.31 bits per heavy atom. The zero-order valence-electron chi connectivity index (χ0n) is 16.3. The highest BCUT2D eigenvalue weighted by Crippen LogP contribution is 2.20. The van der Waals surface area contributed by atoms with Crippen molar-refractivity contribution in [2.45, 2.75) is 13.5 Å². The van der Waals surface area contributed by atoms with Crippen LogP contribution in [0.5, 0.6) is 0 Å². The molecule has 150 valence electrons. The molecular weight excluding hydrogens is 372 g/mol. The summed E-state index contributed by atoms with van der Waals surface area (Å²) in [6.07, 6.45) is 0. The molecule has 0 aliphatic carbocycles. The Morgan fingerprint density at radius 1 is 0.897 bits per heavy atom. The van der Waals surface area contributed by atoms with Gasteiger partial charge < -0.3 is 15.1 Å². The Labute approximate surface area is 169 Å². The SMILES string of the molecule is Cc1cc(NCc2ccccc2F)nc(N2CCN(c3ccc(F)cc3)CC2)n1. The van der Waals surface area contributed by atoms with Gasteiger partial charge in [0, 0.05) is 55.7 Å². The summed E-state index contributed by atoms with van der Waals surface area (Å²) >= 11 is 0. The number of rotatable bonds is 5. The van der Waals surface area contributed by atoms with Crippen LogP contribution < -0.4 is 15.1 Å². The lowest BCUT2D eigenvalue weighted by Gasteiger charge is -2.36. The summed E-state index contributed by atoms with van der Waals surface area (Å²) in [7, 11) is 0. The molecule has 29 heavy (non-hydrogen) atoms. The van der Waals surface area contributed by atoms with Gasteiger partial charge in [0.1, 0.15) is 17.5 Å². The standard InChI is InChI=1S/C22H23F2N5/c1-16-14-21(25-15-17-4-2-3-5-20(17)24)27-22(26-16)29-12-10-28(11-13-29)19-8-6-18(23)7-9-19/h2-9,14H,10-13,15H2,1H3,(H,25,26,27). The Kier molecular flexibility index (Phi) is 5.55. The van der Waals surface area contributed by atoms with Crippen molar-refractivity contribution in [1.29, 1.82) is 0 Å². The molecule has 1 aliphatic rings. The molecule has 2 aromatic carbocycles. The highest BCUT2D eigenvalue weighted by atomic mass is 19.1. The van der Waals surface area contributed by atoms with Crippen LogP contribution in [0.1, 0.15) is 11.3 Å². The first kappa shape index (κ1) is 19.1. The summed E-state index contributed by atoms with van der Waals surface area (Å²) in [5.41, 5.74) is 2.47. The van der Waals surface area contributed by atoms with Crippen molar-refractivity contribution in [2.24, 2.45) is 0 Å². The van der Waals surface area contributed by atoms with Crippen molar-refractivity contribution in [2.75, 3.05) is 41.3 Å². The lowest BCUT2D eigenvalue weighted by molar-refractivity contribution is 0.612. The highest BCUT2D eigenvalue weighted by molar-refractivity contribution is 5.50. The van der Waals surface area contributed by atoms with Crippen molar-refractivity contribution in [3.05, 3.63) is 77.5 Å². The van der Waals surface area contributed by atoms with Crippen LogP contribution in [0.2, 0.25) is 0 Å². The first-order valence-electron chi connectivity index (χ1n) is 9.67. The largest absolute Gasteiger partial charge is 0.368 e. The fourth-order valence-corrected chi connectivity index (χ4v) is 3.43. The maximum atomic E-state index is 13.8. The predicted octanol–water partition coefficient (Wildman–Crippen LogP) is 4.00. The van der Waals surface area contributed by atoms with E-state index < -0.39 is 0 Å². The minimum Gasteiger partial charge on any atom is -0.368 e. The average Bonchev–Trinajstić information content (AvgIpc) is 2.73. The third-order valence-electron chi connectivity index (χ3n) is 5.01. The van der Waals surface area contributed by atoms with E-state index in [1.165, 1.54) is 18.2 Å². The molecule has 3 aromatic rings. The number of nitrogens with one attached hydrogen (secondary N) is 1. The van der Waals surface area contributed by atoms with Crippen molar-refractivity contribution >= 4 is 17.5 Å². The predicted molar refractivity (Wildman–Crippen MR) is 111 cm³/mol. The smallest absolute Gasteiger partial charge is 0.227 e. The molecule has 0 unspecified atom stereocenters. The summed E-state index contributed by atoms with van der Waals surface area (Å²) in [5, 5.41) is 3.20. The second-order valence-corrected chi connectivity index (χ2v) is 7.09. The van der Waals surface area contributed by atoms with Gasteiger partial charge in [0.15, 0.2) is 0 Å². The van der Waals surface area contributed by atoms with Gasteiger partial charge in [0.2, 0.25) is 5.95 Å². The van der Waals surface area contributed by atoms with Crippen LogP contribution in [0.3, 0.4) is 0 Å². The van der Waals surface area contributed by atoms with Gasteiger partial charge in [0.05, 0.1) is 0 Å². The molecule has 0 amide bonds. The number of aromatic nitrogens is 2. The van der Waals surface area contributed by atoms with E-state index in [0.717, 1.165) is 37.6 Å². The fourth-order valence-electron chi connectivity index (χ4n) is 3.43. The summed E-state index contributed by atoms with van der Waals surface area (Å²) in [5.74, 6) is 0.885. The molecule has 2 heterocycles. The molecule has 7 heteroatoms. The van der Waals surface area contributed by atoms with Gasteiger partial charge in [-0.25, -0.2) is 13.8 Å². The van der Waals surface area contributed by atoms with Crippen molar-refractivity contribution in [1.82, 2.24) is 9.97 Å². The van der Waals surface area contributed by atoms with Gasteiger partial charge in [-0.15, -0.1) is 0 Å². The maximum absolute atomic E-state index is 13.8. The second kappa shape index (κ2) is 8.43. The van der Waals surface area contributed by atoms with Crippen LogP contribution in [-0.2, 0) is 6.54 Å². The monoisotopic (exact) mass is 395 g/mol. The van der Waals surface area contributed by atoms with E-state index in [1.54, 1.807) is 24.3 Å². The van der Waals surface area contributed by atoms with E-state index in [-0.39, 0.29) is 11.6 Å². The van der Waals surface area contributed by atoms with Crippen molar-refractivity contribution in [3.63, 3.8) is 0 Å². The summed E-state index contributed by atoms with van der Waals surface area (Å²) in [4.78, 5) is 13.6. The van der Waals surface area contributed by atoms with Crippen molar-refractivity contribution < 1.29 is 8.78 Å². The van der Waals surface area contributed by atoms with Crippen LogP contribution >= 0.6 is 0 Å². The Hall–Kier alpha value is -3.22. The second-order valence-electron chi connectivity index (χ2n) is 7.09. The lowest BCUT2D eigenvalue weighted by atomic mass is 10.2. The summed E-state index contributed by atoms with van der Waals surface area (Å²) in [6.45, 7) is 5.44. The van der Waals surface area contributed by atoms with Gasteiger partial charge in [-0.05, 0) is 37.3 Å². The number of halogens is 2. The van der Waals surface area contributed by atoms with Gasteiger partial charge >= 0.3 is 0 Å². The molecule has 4 rings (SSSR count). The number of hydrogen-bond donors (Lipinski definition) is 1. The zero-order valence-corrected chi connectivity index (χ0v) is 16.3. The van der Waals surface area contributed by atoms with Crippen molar-refractivity contribution in [3.8, 4) is 0 Å². The van der Waals surface area contributed by atoms with Gasteiger partial charge in [-0.3, -0.25) is 0 Å². The normalized spacial score (nSPS) is 14.2. The lowest BCUT2D eigenvalue weighted by Crippen LogP contribution is -2.47. The molecule has 0 atom stereocenters. The molecule has 0 bridgehead atoms. The maximum Gasteiger partial charge on any atom is 0.227 e. The van der Waals surface area contributed by atoms with E-state index in [2.05, 4.69) is 25.1 Å². The number of aryl methyl sites for hydroxylation is 1. The molecule has 1 N–H and O–H groups in total. The van der Waals surface area contributed by atoms with E-state index in [9.17, 15) is 8.78 Å². The van der Waals surface area contributed by atoms with Gasteiger partial charge in [-0.1, -0.05) is 18.2 Å². The number of piperazine rings is 1. The van der Waals surface area contributed by atoms with Gasteiger partial charge in [0.25, 0.3) is 0 Å². The molecule has 0 saturated carbocycles. The van der Waals surface area contributed by atoms with E-state index in [4.69, 9.17) is 0 Å². The fraction of sp³-hybridized carbons (Fsp3) is 0.273. The molecule has 1 saturated heterocycles. The first-order chi connectivity index (χ1) is 14.1. The molecule has 1 fully saturated rings. The van der Waals surface area contributed by atoms with E-state index in [1.807, 2.05) is 19.1 Å². The van der Waals surface area contributed by atoms with E-state index in [0.29, 0.717) is 23.9 Å². The van der Waals surface area contributed by atoms with Crippen LogP contribution in [-0.4, -0.2) is 36.1 Å². The molecule has 5 nitrogen and oxygen atoms in total. The minimum atomic E-state index is -0.233. The zero-order chi connectivity index (χ0) is 20.2. The Morgan fingerprint density at radius 2 is 1.59 bits per heavy atom. The van der Waals surface area contributed by atoms with Crippen LogP contribution in [0, 0.1) is 18.6 Å². The van der Waals surface area contributed by atoms with Crippen LogP contribution in [0.15, 0.2) is 54.6 Å². The quantitative estimate of drug-likeness (QED) is 0.707. The molecule has 1 aliphatic heterocycles. The van der Waals surface area contributed by atoms with Gasteiger partial charge in [-0.2, -0.15) is 4.98 Å².